The van der Waals surface area contributed by atoms with Gasteiger partial charge in [0, 0.05) is 30.0 Å². The lowest BCUT2D eigenvalue weighted by Gasteiger charge is -2.20. The van der Waals surface area contributed by atoms with Gasteiger partial charge in [0.15, 0.2) is 0 Å². The molecular formula is C23H27N5O. The Kier molecular flexibility index (Phi) is 5.85. The Hall–Kier alpha value is -3.37. The number of carbonyl (C=O) groups excluding carboxylic acids is 1. The average molecular weight is 390 g/mol. The molecule has 6 nitrogen and oxygen atoms in total. The Morgan fingerprint density at radius 2 is 2.10 bits per heavy atom. The van der Waals surface area contributed by atoms with Crippen LogP contribution in [0.3, 0.4) is 0 Å². The molecule has 0 spiro atoms. The average Bonchev–Trinajstić information content (AvgIpc) is 3.34. The minimum atomic E-state index is -0.140. The largest absolute Gasteiger partial charge is 0.348 e. The molecule has 2 aromatic heterocycles. The first-order valence-corrected chi connectivity index (χ1v) is 9.60. The zero-order valence-corrected chi connectivity index (χ0v) is 17.4. The highest BCUT2D eigenvalue weighted by Gasteiger charge is 2.16. The van der Waals surface area contributed by atoms with Crippen LogP contribution in [0.15, 0.2) is 65.7 Å². The number of amides is 1. The third-order valence-electron chi connectivity index (χ3n) is 4.56. The van der Waals surface area contributed by atoms with Crippen LogP contribution >= 0.6 is 0 Å². The van der Waals surface area contributed by atoms with Crippen molar-refractivity contribution in [2.45, 2.75) is 39.7 Å². The number of hydrogen-bond donors (Lipinski definition) is 2. The highest BCUT2D eigenvalue weighted by Crippen LogP contribution is 2.20. The van der Waals surface area contributed by atoms with Crippen molar-refractivity contribution in [1.82, 2.24) is 20.2 Å². The molecule has 6 heteroatoms. The van der Waals surface area contributed by atoms with E-state index in [1.54, 1.807) is 0 Å². The topological polar surface area (TPSA) is 71.3 Å². The van der Waals surface area contributed by atoms with Crippen molar-refractivity contribution in [3.05, 3.63) is 77.7 Å². The number of pyridine rings is 1. The molecule has 0 atom stereocenters. The second-order valence-electron chi connectivity index (χ2n) is 7.96. The molecule has 1 aliphatic heterocycles. The van der Waals surface area contributed by atoms with E-state index < -0.39 is 0 Å². The predicted octanol–water partition coefficient (Wildman–Crippen LogP) is 3.78. The Morgan fingerprint density at radius 1 is 1.31 bits per heavy atom. The van der Waals surface area contributed by atoms with Gasteiger partial charge < -0.3 is 15.2 Å². The van der Waals surface area contributed by atoms with E-state index in [1.165, 1.54) is 0 Å². The zero-order valence-electron chi connectivity index (χ0n) is 17.4. The van der Waals surface area contributed by atoms with Crippen LogP contribution in [0.25, 0.3) is 5.70 Å². The Bertz CT molecular complexity index is 1030. The van der Waals surface area contributed by atoms with Gasteiger partial charge in [-0.15, -0.1) is 5.73 Å². The highest BCUT2D eigenvalue weighted by atomic mass is 16.1. The second-order valence-corrected chi connectivity index (χ2v) is 7.96. The van der Waals surface area contributed by atoms with E-state index in [9.17, 15) is 4.79 Å². The minimum Gasteiger partial charge on any atom is -0.348 e. The van der Waals surface area contributed by atoms with Crippen LogP contribution in [0.4, 0.5) is 0 Å². The Balaban J connectivity index is 1.58. The molecule has 0 saturated heterocycles. The van der Waals surface area contributed by atoms with E-state index in [2.05, 4.69) is 53.7 Å². The zero-order chi connectivity index (χ0) is 21.0. The van der Waals surface area contributed by atoms with Crippen molar-refractivity contribution < 1.29 is 4.79 Å². The molecule has 0 saturated carbocycles. The first-order chi connectivity index (χ1) is 13.8. The summed E-state index contributed by atoms with van der Waals surface area (Å²) >= 11 is 0. The third-order valence-corrected chi connectivity index (χ3v) is 4.56. The number of rotatable bonds is 5. The van der Waals surface area contributed by atoms with Crippen molar-refractivity contribution in [2.75, 3.05) is 6.54 Å². The molecule has 1 aliphatic rings. The van der Waals surface area contributed by atoms with E-state index in [0.29, 0.717) is 24.2 Å². The molecule has 2 N–H and O–H groups in total. The van der Waals surface area contributed by atoms with Gasteiger partial charge in [0.2, 0.25) is 0 Å². The van der Waals surface area contributed by atoms with E-state index in [0.717, 1.165) is 22.9 Å². The quantitative estimate of drug-likeness (QED) is 0.765. The summed E-state index contributed by atoms with van der Waals surface area (Å²) in [5, 5.41) is 6.11. The summed E-state index contributed by atoms with van der Waals surface area (Å²) in [6.45, 7) is 12.2. The van der Waals surface area contributed by atoms with E-state index in [-0.39, 0.29) is 11.4 Å². The van der Waals surface area contributed by atoms with Crippen LogP contribution in [-0.4, -0.2) is 27.8 Å². The molecule has 29 heavy (non-hydrogen) atoms. The third kappa shape index (κ3) is 5.12. The van der Waals surface area contributed by atoms with E-state index in [4.69, 9.17) is 0 Å². The fraction of sp³-hybridized carbons (Fsp3) is 0.304. The van der Waals surface area contributed by atoms with Crippen LogP contribution in [0.5, 0.6) is 0 Å². The fourth-order valence-corrected chi connectivity index (χ4v) is 2.90. The standard InChI is InChI=1S/C23H27N5O/c1-6-18(14-24-22(29)17-12-13-28(15-17)23(3,4)5)26-21-11-10-20(27-21)19-9-7-8-16(2)25-19/h7-10,12-13,15H,1,11,14H2,2-5H3,(H,24,29)(H,26,27). The second kappa shape index (κ2) is 8.33. The van der Waals surface area contributed by atoms with E-state index in [1.807, 2.05) is 54.2 Å². The normalized spacial score (nSPS) is 13.4. The number of aryl methyl sites for hydroxylation is 1. The molecule has 2 aromatic rings. The maximum absolute atomic E-state index is 12.4. The van der Waals surface area contributed by atoms with Crippen molar-refractivity contribution in [2.24, 2.45) is 4.99 Å². The molecular weight excluding hydrogens is 362 g/mol. The minimum absolute atomic E-state index is 0.0657. The first-order valence-electron chi connectivity index (χ1n) is 9.60. The SMILES string of the molecule is C=C=C(CNC(=O)c1ccn(C(C)(C)C)c1)NC1=NC(c2cccc(C)n2)=CC1. The highest BCUT2D eigenvalue weighted by molar-refractivity contribution is 5.96. The lowest BCUT2D eigenvalue weighted by atomic mass is 10.1. The Morgan fingerprint density at radius 3 is 2.76 bits per heavy atom. The number of carbonyl (C=O) groups is 1. The maximum Gasteiger partial charge on any atom is 0.253 e. The number of nitrogens with zero attached hydrogens (tertiary/aromatic N) is 3. The number of aromatic nitrogens is 2. The van der Waals surface area contributed by atoms with Crippen LogP contribution in [-0.2, 0) is 5.54 Å². The number of aliphatic imine (C=N–C) groups is 1. The summed E-state index contributed by atoms with van der Waals surface area (Å²) in [4.78, 5) is 21.6. The van der Waals surface area contributed by atoms with E-state index >= 15 is 0 Å². The van der Waals surface area contributed by atoms with Crippen molar-refractivity contribution in [3.63, 3.8) is 0 Å². The predicted molar refractivity (Wildman–Crippen MR) is 117 cm³/mol. The molecule has 0 aliphatic carbocycles. The number of hydrogen-bond acceptors (Lipinski definition) is 4. The lowest BCUT2D eigenvalue weighted by molar-refractivity contribution is 0.0956. The fourth-order valence-electron chi connectivity index (χ4n) is 2.90. The van der Waals surface area contributed by atoms with Gasteiger partial charge in [-0.2, -0.15) is 0 Å². The van der Waals surface area contributed by atoms with Crippen LogP contribution in [0.2, 0.25) is 0 Å². The Labute approximate surface area is 171 Å². The monoisotopic (exact) mass is 389 g/mol. The molecule has 0 fully saturated rings. The van der Waals surface area contributed by atoms with Gasteiger partial charge in [0.1, 0.15) is 5.84 Å². The summed E-state index contributed by atoms with van der Waals surface area (Å²) in [6, 6.07) is 7.69. The van der Waals surface area contributed by atoms with Crippen LogP contribution < -0.4 is 10.6 Å². The molecule has 0 radical (unpaired) electrons. The van der Waals surface area contributed by atoms with Gasteiger partial charge in [0.05, 0.1) is 29.2 Å². The van der Waals surface area contributed by atoms with Crippen molar-refractivity contribution >= 4 is 17.4 Å². The van der Waals surface area contributed by atoms with Gasteiger partial charge in [-0.05, 0) is 52.0 Å². The van der Waals surface area contributed by atoms with Gasteiger partial charge in [-0.1, -0.05) is 12.6 Å². The number of nitrogens with one attached hydrogen (secondary N) is 2. The van der Waals surface area contributed by atoms with Crippen LogP contribution in [0.1, 0.15) is 48.9 Å². The summed E-state index contributed by atoms with van der Waals surface area (Å²) in [5.74, 6) is 0.640. The molecule has 0 bridgehead atoms. The molecule has 3 heterocycles. The number of amidine groups is 1. The van der Waals surface area contributed by atoms with Gasteiger partial charge in [-0.25, -0.2) is 4.99 Å². The summed E-state index contributed by atoms with van der Waals surface area (Å²) in [5.41, 5.74) is 6.71. The summed E-state index contributed by atoms with van der Waals surface area (Å²) in [6.07, 6.45) is 6.46. The van der Waals surface area contributed by atoms with Crippen molar-refractivity contribution in [3.8, 4) is 0 Å². The first kappa shape index (κ1) is 20.4. The van der Waals surface area contributed by atoms with Gasteiger partial charge in [-0.3, -0.25) is 9.78 Å². The lowest BCUT2D eigenvalue weighted by Crippen LogP contribution is -2.32. The summed E-state index contributed by atoms with van der Waals surface area (Å²) in [7, 11) is 0. The molecule has 1 amide bonds. The summed E-state index contributed by atoms with van der Waals surface area (Å²) < 4.78 is 2.02. The molecule has 150 valence electrons. The molecule has 0 aromatic carbocycles. The smallest absolute Gasteiger partial charge is 0.253 e. The molecule has 3 rings (SSSR count). The maximum atomic E-state index is 12.4. The van der Waals surface area contributed by atoms with Gasteiger partial charge >= 0.3 is 0 Å². The van der Waals surface area contributed by atoms with Crippen LogP contribution in [0, 0.1) is 6.92 Å². The van der Waals surface area contributed by atoms with Gasteiger partial charge in [0.25, 0.3) is 5.91 Å². The molecule has 0 unspecified atom stereocenters. The van der Waals surface area contributed by atoms with Crippen molar-refractivity contribution in [1.29, 1.82) is 0 Å².